The monoisotopic (exact) mass is 278 g/mol. The molecular weight excluding hydrogens is 256 g/mol. The van der Waals surface area contributed by atoms with Gasteiger partial charge in [-0.15, -0.1) is 0 Å². The summed E-state index contributed by atoms with van der Waals surface area (Å²) in [6, 6.07) is 0. The van der Waals surface area contributed by atoms with Crippen molar-refractivity contribution < 1.29 is 9.90 Å². The molecule has 1 aromatic heterocycles. The summed E-state index contributed by atoms with van der Waals surface area (Å²) >= 11 is 0. The number of anilines is 1. The van der Waals surface area contributed by atoms with Gasteiger partial charge in [-0.25, -0.2) is 0 Å². The van der Waals surface area contributed by atoms with Crippen molar-refractivity contribution in [2.24, 2.45) is 5.92 Å². The van der Waals surface area contributed by atoms with Gasteiger partial charge in [0.1, 0.15) is 11.4 Å². The van der Waals surface area contributed by atoms with Crippen molar-refractivity contribution in [3.63, 3.8) is 0 Å². The van der Waals surface area contributed by atoms with Gasteiger partial charge in [-0.3, -0.25) is 9.59 Å². The number of carbonyl (C=O) groups is 1. The fourth-order valence-corrected chi connectivity index (χ4v) is 2.54. The van der Waals surface area contributed by atoms with E-state index in [9.17, 15) is 14.7 Å². The molecule has 0 saturated heterocycles. The van der Waals surface area contributed by atoms with Crippen LogP contribution in [0.5, 0.6) is 5.75 Å². The minimum Gasteiger partial charge on any atom is -0.506 e. The molecular formula is C15H22N2O3. The van der Waals surface area contributed by atoms with Crippen LogP contribution in [0, 0.1) is 12.8 Å². The fraction of sp³-hybridized carbons (Fsp3) is 0.600. The number of aromatic hydroxyl groups is 1. The summed E-state index contributed by atoms with van der Waals surface area (Å²) in [6.07, 6.45) is 2.73. The highest BCUT2D eigenvalue weighted by Gasteiger charge is 2.23. The lowest BCUT2D eigenvalue weighted by Gasteiger charge is -2.14. The molecule has 0 spiro atoms. The predicted octanol–water partition coefficient (Wildman–Crippen LogP) is 2.18. The zero-order valence-electron chi connectivity index (χ0n) is 12.3. The van der Waals surface area contributed by atoms with Gasteiger partial charge in [-0.1, -0.05) is 13.8 Å². The second-order valence-corrected chi connectivity index (χ2v) is 5.84. The van der Waals surface area contributed by atoms with Crippen LogP contribution in [0.2, 0.25) is 0 Å². The second-order valence-electron chi connectivity index (χ2n) is 5.84. The highest BCUT2D eigenvalue weighted by atomic mass is 16.3. The predicted molar refractivity (Wildman–Crippen MR) is 78.1 cm³/mol. The van der Waals surface area contributed by atoms with Crippen LogP contribution in [0.4, 0.5) is 5.69 Å². The lowest BCUT2D eigenvalue weighted by atomic mass is 10.1. The van der Waals surface area contributed by atoms with Crippen molar-refractivity contribution in [3.8, 4) is 5.75 Å². The van der Waals surface area contributed by atoms with Crippen molar-refractivity contribution in [1.29, 1.82) is 0 Å². The Hall–Kier alpha value is -1.78. The molecule has 1 aromatic rings. The van der Waals surface area contributed by atoms with Gasteiger partial charge in [-0.05, 0) is 32.1 Å². The number of nitrogens with zero attached hydrogens (tertiary/aromatic N) is 1. The summed E-state index contributed by atoms with van der Waals surface area (Å²) in [7, 11) is 0. The maximum atomic E-state index is 12.3. The van der Waals surface area contributed by atoms with Gasteiger partial charge in [0.2, 0.25) is 5.91 Å². The van der Waals surface area contributed by atoms with Crippen LogP contribution in [0.3, 0.4) is 0 Å². The molecule has 2 N–H and O–H groups in total. The number of nitrogens with one attached hydrogen (secondary N) is 1. The van der Waals surface area contributed by atoms with Gasteiger partial charge in [0.25, 0.3) is 5.56 Å². The first-order valence-corrected chi connectivity index (χ1v) is 7.17. The van der Waals surface area contributed by atoms with Crippen LogP contribution in [0.25, 0.3) is 0 Å². The highest BCUT2D eigenvalue weighted by Crippen LogP contribution is 2.30. The van der Waals surface area contributed by atoms with Crippen LogP contribution in [0.1, 0.15) is 44.4 Å². The normalized spacial score (nSPS) is 13.6. The Morgan fingerprint density at radius 1 is 1.45 bits per heavy atom. The number of fused-ring (bicyclic) bond motifs is 1. The van der Waals surface area contributed by atoms with E-state index in [-0.39, 0.29) is 22.9 Å². The molecule has 0 fully saturated rings. The lowest BCUT2D eigenvalue weighted by molar-refractivity contribution is -0.116. The van der Waals surface area contributed by atoms with E-state index < -0.39 is 0 Å². The quantitative estimate of drug-likeness (QED) is 0.886. The van der Waals surface area contributed by atoms with Gasteiger partial charge in [0, 0.05) is 18.5 Å². The van der Waals surface area contributed by atoms with Gasteiger partial charge < -0.3 is 15.0 Å². The minimum atomic E-state index is -0.203. The molecule has 5 nitrogen and oxygen atoms in total. The summed E-state index contributed by atoms with van der Waals surface area (Å²) in [6.45, 7) is 6.38. The molecule has 0 radical (unpaired) electrons. The summed E-state index contributed by atoms with van der Waals surface area (Å²) in [5, 5.41) is 12.8. The molecule has 0 aromatic carbocycles. The topological polar surface area (TPSA) is 71.3 Å². The van der Waals surface area contributed by atoms with Crippen molar-refractivity contribution in [1.82, 2.24) is 4.57 Å². The molecule has 1 aliphatic heterocycles. The molecule has 5 heteroatoms. The SMILES string of the molecule is Cc1c(O)c2n(c(=O)c1NC(=O)CCC(C)C)CCC2. The highest BCUT2D eigenvalue weighted by molar-refractivity contribution is 5.91. The van der Waals surface area contributed by atoms with Crippen LogP contribution < -0.4 is 10.9 Å². The average molecular weight is 278 g/mol. The smallest absolute Gasteiger partial charge is 0.275 e. The number of aromatic nitrogens is 1. The molecule has 0 unspecified atom stereocenters. The number of rotatable bonds is 4. The third-order valence-electron chi connectivity index (χ3n) is 3.80. The summed E-state index contributed by atoms with van der Waals surface area (Å²) in [5.74, 6) is 0.412. The van der Waals surface area contributed by atoms with E-state index in [4.69, 9.17) is 0 Å². The van der Waals surface area contributed by atoms with Crippen LogP contribution >= 0.6 is 0 Å². The number of hydrogen-bond acceptors (Lipinski definition) is 3. The third-order valence-corrected chi connectivity index (χ3v) is 3.80. The van der Waals surface area contributed by atoms with Gasteiger partial charge in [-0.2, -0.15) is 0 Å². The van der Waals surface area contributed by atoms with E-state index in [0.29, 0.717) is 36.6 Å². The van der Waals surface area contributed by atoms with Crippen molar-refractivity contribution in [2.75, 3.05) is 5.32 Å². The molecule has 1 amide bonds. The first-order chi connectivity index (χ1) is 9.41. The Morgan fingerprint density at radius 3 is 2.80 bits per heavy atom. The molecule has 0 aliphatic carbocycles. The van der Waals surface area contributed by atoms with E-state index >= 15 is 0 Å². The first kappa shape index (κ1) is 14.6. The van der Waals surface area contributed by atoms with Crippen LogP contribution in [-0.2, 0) is 17.8 Å². The maximum Gasteiger partial charge on any atom is 0.275 e. The zero-order valence-corrected chi connectivity index (χ0v) is 12.3. The Morgan fingerprint density at radius 2 is 2.15 bits per heavy atom. The summed E-state index contributed by atoms with van der Waals surface area (Å²) in [4.78, 5) is 24.2. The molecule has 110 valence electrons. The number of hydrogen-bond donors (Lipinski definition) is 2. The molecule has 0 saturated carbocycles. The molecule has 0 bridgehead atoms. The largest absolute Gasteiger partial charge is 0.506 e. The van der Waals surface area contributed by atoms with Gasteiger partial charge in [0.15, 0.2) is 0 Å². The summed E-state index contributed by atoms with van der Waals surface area (Å²) < 4.78 is 1.57. The molecule has 20 heavy (non-hydrogen) atoms. The molecule has 0 atom stereocenters. The van der Waals surface area contributed by atoms with Gasteiger partial charge in [0.05, 0.1) is 5.69 Å². The number of carbonyl (C=O) groups excluding carboxylic acids is 1. The van der Waals surface area contributed by atoms with Gasteiger partial charge >= 0.3 is 0 Å². The van der Waals surface area contributed by atoms with E-state index in [1.165, 1.54) is 0 Å². The third kappa shape index (κ3) is 2.71. The Balaban J connectivity index is 2.27. The number of pyridine rings is 1. The molecule has 2 rings (SSSR count). The Labute approximate surface area is 118 Å². The maximum absolute atomic E-state index is 12.3. The van der Waals surface area contributed by atoms with E-state index in [1.54, 1.807) is 11.5 Å². The lowest BCUT2D eigenvalue weighted by Crippen LogP contribution is -2.27. The first-order valence-electron chi connectivity index (χ1n) is 7.17. The Kier molecular flexibility index (Phi) is 4.16. The van der Waals surface area contributed by atoms with Crippen molar-refractivity contribution in [2.45, 2.75) is 53.0 Å². The fourth-order valence-electron chi connectivity index (χ4n) is 2.54. The molecule has 1 aliphatic rings. The molecule has 2 heterocycles. The van der Waals surface area contributed by atoms with Crippen molar-refractivity contribution in [3.05, 3.63) is 21.6 Å². The zero-order chi connectivity index (χ0) is 14.9. The van der Waals surface area contributed by atoms with E-state index in [2.05, 4.69) is 19.2 Å². The standard InChI is InChI=1S/C15H22N2O3/c1-9(2)6-7-12(18)16-13-10(3)14(19)11-5-4-8-17(11)15(13)20/h9,19H,4-8H2,1-3H3,(H,16,18). The average Bonchev–Trinajstić information content (AvgIpc) is 2.88. The number of amides is 1. The Bertz CT molecular complexity index is 588. The van der Waals surface area contributed by atoms with Crippen LogP contribution in [0.15, 0.2) is 4.79 Å². The van der Waals surface area contributed by atoms with Crippen LogP contribution in [-0.4, -0.2) is 15.6 Å². The summed E-state index contributed by atoms with van der Waals surface area (Å²) in [5.41, 5.74) is 1.18. The second kappa shape index (κ2) is 5.69. The minimum absolute atomic E-state index is 0.140. The van der Waals surface area contributed by atoms with E-state index in [1.807, 2.05) is 0 Å². The van der Waals surface area contributed by atoms with E-state index in [0.717, 1.165) is 12.8 Å². The van der Waals surface area contributed by atoms with Crippen molar-refractivity contribution >= 4 is 11.6 Å².